The number of aromatic amines is 1. The van der Waals surface area contributed by atoms with Crippen molar-refractivity contribution in [3.63, 3.8) is 0 Å². The van der Waals surface area contributed by atoms with Crippen molar-refractivity contribution in [2.75, 3.05) is 17.7 Å². The summed E-state index contributed by atoms with van der Waals surface area (Å²) in [5.74, 6) is 0.861. The van der Waals surface area contributed by atoms with Crippen LogP contribution in [0.25, 0.3) is 32.4 Å². The van der Waals surface area contributed by atoms with Crippen molar-refractivity contribution >= 4 is 43.8 Å². The van der Waals surface area contributed by atoms with Gasteiger partial charge in [0.1, 0.15) is 11.9 Å². The Kier molecular flexibility index (Phi) is 3.12. The average molecular weight is 365 g/mol. The molecule has 0 bridgehead atoms. The number of rotatable bonds is 2. The van der Waals surface area contributed by atoms with E-state index in [4.69, 9.17) is 4.74 Å². The molecule has 0 aliphatic carbocycles. The predicted molar refractivity (Wildman–Crippen MR) is 116 cm³/mol. The summed E-state index contributed by atoms with van der Waals surface area (Å²) in [6.45, 7) is 0. The van der Waals surface area contributed by atoms with Crippen molar-refractivity contribution in [1.82, 2.24) is 4.98 Å². The molecular weight excluding hydrogens is 346 g/mol. The van der Waals surface area contributed by atoms with Gasteiger partial charge in [-0.3, -0.25) is 0 Å². The number of nitrogens with one attached hydrogen (secondary N) is 3. The summed E-state index contributed by atoms with van der Waals surface area (Å²) in [5.41, 5.74) is 4.61. The number of fused-ring (bicyclic) bond motifs is 7. The summed E-state index contributed by atoms with van der Waals surface area (Å²) < 4.78 is 5.43. The molecule has 136 valence electrons. The molecule has 2 heterocycles. The van der Waals surface area contributed by atoms with Crippen LogP contribution in [0.15, 0.2) is 72.9 Å². The lowest BCUT2D eigenvalue weighted by atomic mass is 9.99. The molecule has 6 rings (SSSR count). The van der Waals surface area contributed by atoms with E-state index in [-0.39, 0.29) is 6.17 Å². The van der Waals surface area contributed by atoms with Crippen molar-refractivity contribution in [2.24, 2.45) is 0 Å². The molecule has 4 heteroatoms. The fourth-order valence-electron chi connectivity index (χ4n) is 4.41. The van der Waals surface area contributed by atoms with Crippen LogP contribution in [0.2, 0.25) is 0 Å². The van der Waals surface area contributed by atoms with Crippen LogP contribution in [0.5, 0.6) is 5.75 Å². The lowest BCUT2D eigenvalue weighted by Crippen LogP contribution is -2.11. The van der Waals surface area contributed by atoms with Crippen LogP contribution >= 0.6 is 0 Å². The molecule has 0 fully saturated rings. The monoisotopic (exact) mass is 365 g/mol. The second-order valence-electron chi connectivity index (χ2n) is 7.22. The van der Waals surface area contributed by atoms with Crippen LogP contribution in [-0.2, 0) is 0 Å². The topological polar surface area (TPSA) is 49.1 Å². The van der Waals surface area contributed by atoms with Crippen molar-refractivity contribution < 1.29 is 4.74 Å². The largest absolute Gasteiger partial charge is 0.497 e. The zero-order valence-corrected chi connectivity index (χ0v) is 15.4. The third kappa shape index (κ3) is 2.06. The molecule has 0 atom stereocenters. The van der Waals surface area contributed by atoms with E-state index in [1.807, 2.05) is 6.07 Å². The first-order valence-electron chi connectivity index (χ1n) is 9.45. The molecule has 0 amide bonds. The number of benzene rings is 4. The summed E-state index contributed by atoms with van der Waals surface area (Å²) in [6.07, 6.45) is 2.07. The van der Waals surface area contributed by atoms with Crippen molar-refractivity contribution in [3.8, 4) is 5.75 Å². The van der Waals surface area contributed by atoms with Crippen LogP contribution in [-0.4, -0.2) is 12.1 Å². The van der Waals surface area contributed by atoms with E-state index in [0.29, 0.717) is 0 Å². The van der Waals surface area contributed by atoms with Gasteiger partial charge in [0.2, 0.25) is 0 Å². The SMILES string of the molecule is COc1ccc2[nH]cc(C3Nc4c(c5ccccc5c5ccccc45)N3)c2c1. The first-order chi connectivity index (χ1) is 13.8. The molecule has 0 spiro atoms. The van der Waals surface area contributed by atoms with Gasteiger partial charge in [0, 0.05) is 33.4 Å². The standard InChI is InChI=1S/C24H19N3O/c1-28-14-10-11-21-19(12-14)20(13-25-21)24-26-22-17-8-4-2-6-15(17)16-7-3-5-9-18(16)23(22)27-24/h2-13,24-27H,1H3. The highest BCUT2D eigenvalue weighted by molar-refractivity contribution is 6.21. The van der Waals surface area contributed by atoms with Crippen LogP contribution < -0.4 is 15.4 Å². The van der Waals surface area contributed by atoms with Gasteiger partial charge >= 0.3 is 0 Å². The first kappa shape index (κ1) is 15.4. The smallest absolute Gasteiger partial charge is 0.125 e. The van der Waals surface area contributed by atoms with Gasteiger partial charge in [0.05, 0.1) is 18.5 Å². The zero-order chi connectivity index (χ0) is 18.7. The second-order valence-corrected chi connectivity index (χ2v) is 7.22. The molecule has 4 aromatic carbocycles. The van der Waals surface area contributed by atoms with Gasteiger partial charge in [-0.25, -0.2) is 0 Å². The van der Waals surface area contributed by atoms with E-state index in [1.165, 1.54) is 27.1 Å². The van der Waals surface area contributed by atoms with E-state index in [9.17, 15) is 0 Å². The van der Waals surface area contributed by atoms with E-state index >= 15 is 0 Å². The van der Waals surface area contributed by atoms with Gasteiger partial charge in [-0.05, 0) is 29.0 Å². The number of H-pyrrole nitrogens is 1. The summed E-state index contributed by atoms with van der Waals surface area (Å²) in [7, 11) is 1.70. The maximum atomic E-state index is 5.43. The molecule has 1 aliphatic heterocycles. The van der Waals surface area contributed by atoms with Crippen molar-refractivity contribution in [3.05, 3.63) is 78.5 Å². The first-order valence-corrected chi connectivity index (χ1v) is 9.45. The lowest BCUT2D eigenvalue weighted by molar-refractivity contribution is 0.415. The number of hydrogen-bond acceptors (Lipinski definition) is 3. The second kappa shape index (κ2) is 5.67. The van der Waals surface area contributed by atoms with Crippen LogP contribution in [0.1, 0.15) is 11.7 Å². The van der Waals surface area contributed by atoms with E-state index in [0.717, 1.165) is 28.0 Å². The molecular formula is C24H19N3O. The average Bonchev–Trinajstić information content (AvgIpc) is 3.38. The van der Waals surface area contributed by atoms with Crippen LogP contribution in [0, 0.1) is 0 Å². The third-order valence-electron chi connectivity index (χ3n) is 5.74. The van der Waals surface area contributed by atoms with Gasteiger partial charge in [-0.1, -0.05) is 48.5 Å². The Morgan fingerprint density at radius 3 is 1.93 bits per heavy atom. The molecule has 0 saturated heterocycles. The molecule has 3 N–H and O–H groups in total. The summed E-state index contributed by atoms with van der Waals surface area (Å²) in [6, 6.07) is 23.3. The van der Waals surface area contributed by atoms with Gasteiger partial charge in [0.15, 0.2) is 0 Å². The highest BCUT2D eigenvalue weighted by atomic mass is 16.5. The van der Waals surface area contributed by atoms with Crippen LogP contribution in [0.4, 0.5) is 11.4 Å². The van der Waals surface area contributed by atoms with Gasteiger partial charge < -0.3 is 20.4 Å². The Morgan fingerprint density at radius 1 is 0.714 bits per heavy atom. The number of aromatic nitrogens is 1. The number of ether oxygens (including phenoxy) is 1. The highest BCUT2D eigenvalue weighted by Crippen LogP contribution is 2.47. The molecule has 5 aromatic rings. The summed E-state index contributed by atoms with van der Waals surface area (Å²) >= 11 is 0. The van der Waals surface area contributed by atoms with Gasteiger partial charge in [-0.2, -0.15) is 0 Å². The Morgan fingerprint density at radius 2 is 1.32 bits per heavy atom. The summed E-state index contributed by atoms with van der Waals surface area (Å²) in [4.78, 5) is 3.38. The summed E-state index contributed by atoms with van der Waals surface area (Å²) in [5, 5.41) is 13.6. The third-order valence-corrected chi connectivity index (χ3v) is 5.74. The Balaban J connectivity index is 1.56. The van der Waals surface area contributed by atoms with Gasteiger partial charge in [0.25, 0.3) is 0 Å². The van der Waals surface area contributed by atoms with Gasteiger partial charge in [-0.15, -0.1) is 0 Å². The predicted octanol–water partition coefficient (Wildman–Crippen LogP) is 6.02. The Labute approximate surface area is 162 Å². The molecule has 0 radical (unpaired) electrons. The lowest BCUT2D eigenvalue weighted by Gasteiger charge is -2.12. The molecule has 0 saturated carbocycles. The van der Waals surface area contributed by atoms with Crippen molar-refractivity contribution in [2.45, 2.75) is 6.17 Å². The fourth-order valence-corrected chi connectivity index (χ4v) is 4.41. The number of methoxy groups -OCH3 is 1. The molecule has 1 aliphatic rings. The van der Waals surface area contributed by atoms with E-state index in [1.54, 1.807) is 7.11 Å². The molecule has 4 nitrogen and oxygen atoms in total. The normalized spacial score (nSPS) is 13.6. The number of anilines is 2. The highest BCUT2D eigenvalue weighted by Gasteiger charge is 2.27. The minimum absolute atomic E-state index is 0.00920. The van der Waals surface area contributed by atoms with Crippen molar-refractivity contribution in [1.29, 1.82) is 0 Å². The Hall–Kier alpha value is -3.66. The molecule has 28 heavy (non-hydrogen) atoms. The maximum absolute atomic E-state index is 5.43. The Bertz CT molecular complexity index is 1300. The van der Waals surface area contributed by atoms with E-state index in [2.05, 4.69) is 82.5 Å². The quantitative estimate of drug-likeness (QED) is 0.335. The number of hydrogen-bond donors (Lipinski definition) is 3. The minimum atomic E-state index is -0.00920. The minimum Gasteiger partial charge on any atom is -0.497 e. The zero-order valence-electron chi connectivity index (χ0n) is 15.4. The molecule has 1 aromatic heterocycles. The maximum Gasteiger partial charge on any atom is 0.125 e. The van der Waals surface area contributed by atoms with Crippen LogP contribution in [0.3, 0.4) is 0 Å². The van der Waals surface area contributed by atoms with E-state index < -0.39 is 0 Å². The molecule has 0 unspecified atom stereocenters. The fraction of sp³-hybridized carbons (Fsp3) is 0.0833.